The molecule has 21 heavy (non-hydrogen) atoms. The van der Waals surface area contributed by atoms with Gasteiger partial charge < -0.3 is 4.37 Å². The molecule has 3 heteroatoms. The van der Waals surface area contributed by atoms with E-state index in [0.29, 0.717) is 12.1 Å². The fourth-order valence-corrected chi connectivity index (χ4v) is 4.70. The van der Waals surface area contributed by atoms with Crippen LogP contribution in [-0.4, -0.2) is 36.2 Å². The summed E-state index contributed by atoms with van der Waals surface area (Å²) in [5.74, 6) is 2.41. The molecule has 2 fully saturated rings. The average molecular weight is 312 g/mol. The Labute approximate surface area is 134 Å². The SMILES string of the molecule is CC(C[C@H](C)CCP)=NC(C)C1C2[C@H](C(C)CC(C)C)[O+]12. The highest BCUT2D eigenvalue weighted by Gasteiger charge is 2.87. The van der Waals surface area contributed by atoms with E-state index >= 15 is 0 Å². The third-order valence-corrected chi connectivity index (χ3v) is 5.38. The summed E-state index contributed by atoms with van der Waals surface area (Å²) in [5, 5.41) is 0. The minimum atomic E-state index is 0.464. The molecule has 2 rings (SSSR count). The fourth-order valence-electron chi connectivity index (χ4n) is 4.13. The van der Waals surface area contributed by atoms with Crippen molar-refractivity contribution in [2.45, 2.75) is 85.2 Å². The van der Waals surface area contributed by atoms with Gasteiger partial charge in [-0.3, -0.25) is 4.99 Å². The second kappa shape index (κ2) is 7.09. The molecule has 5 unspecified atom stereocenters. The molecule has 2 heterocycles. The zero-order valence-corrected chi connectivity index (χ0v) is 16.0. The molecule has 0 amide bonds. The Morgan fingerprint density at radius 1 is 1.14 bits per heavy atom. The summed E-state index contributed by atoms with van der Waals surface area (Å²) in [6, 6.07) is 0.464. The normalized spacial score (nSPS) is 32.8. The first-order valence-corrected chi connectivity index (χ1v) is 9.62. The van der Waals surface area contributed by atoms with Crippen LogP contribution in [0.1, 0.15) is 60.8 Å². The first-order chi connectivity index (χ1) is 9.86. The van der Waals surface area contributed by atoms with E-state index in [9.17, 15) is 0 Å². The molecular weight excluding hydrogens is 277 g/mol. The molecule has 2 aliphatic heterocycles. The zero-order chi connectivity index (χ0) is 15.7. The number of epoxide rings is 2. The van der Waals surface area contributed by atoms with Crippen molar-refractivity contribution in [3.63, 3.8) is 0 Å². The average Bonchev–Trinajstić information content (AvgIpc) is 3.16. The Bertz CT molecular complexity index is 371. The van der Waals surface area contributed by atoms with Gasteiger partial charge in [0.25, 0.3) is 6.10 Å². The molecule has 0 N–H and O–H groups in total. The summed E-state index contributed by atoms with van der Waals surface area (Å²) < 4.78 is 3.52. The summed E-state index contributed by atoms with van der Waals surface area (Å²) in [6.07, 6.45) is 7.26. The van der Waals surface area contributed by atoms with Crippen LogP contribution in [0.25, 0.3) is 0 Å². The van der Waals surface area contributed by atoms with Crippen molar-refractivity contribution in [3.8, 4) is 0 Å². The molecule has 0 radical (unpaired) electrons. The number of fused-ring (bicyclic) bond motifs is 1. The van der Waals surface area contributed by atoms with Gasteiger partial charge in [-0.1, -0.05) is 27.7 Å². The van der Waals surface area contributed by atoms with E-state index in [4.69, 9.17) is 4.99 Å². The van der Waals surface area contributed by atoms with E-state index in [2.05, 4.69) is 55.1 Å². The molecule has 2 aliphatic rings. The van der Waals surface area contributed by atoms with Crippen molar-refractivity contribution in [2.24, 2.45) is 22.7 Å². The van der Waals surface area contributed by atoms with Gasteiger partial charge in [0.05, 0.1) is 0 Å². The lowest BCUT2D eigenvalue weighted by atomic mass is 9.91. The number of hydrogen-bond donors (Lipinski definition) is 0. The molecule has 7 atom stereocenters. The van der Waals surface area contributed by atoms with Gasteiger partial charge in [-0.25, -0.2) is 0 Å². The minimum absolute atomic E-state index is 0.464. The van der Waals surface area contributed by atoms with Crippen molar-refractivity contribution < 1.29 is 4.37 Å². The van der Waals surface area contributed by atoms with Crippen LogP contribution in [0.2, 0.25) is 0 Å². The quantitative estimate of drug-likeness (QED) is 0.258. The third kappa shape index (κ3) is 4.29. The van der Waals surface area contributed by atoms with Gasteiger partial charge in [-0.2, -0.15) is 0 Å². The molecule has 0 saturated carbocycles. The topological polar surface area (TPSA) is 15.1 Å². The highest BCUT2D eigenvalue weighted by atomic mass is 31.0. The second-order valence-electron chi connectivity index (χ2n) is 7.90. The predicted octanol–water partition coefficient (Wildman–Crippen LogP) is 4.49. The van der Waals surface area contributed by atoms with E-state index in [0.717, 1.165) is 36.4 Å². The number of aliphatic imine (C=N–C) groups is 1. The van der Waals surface area contributed by atoms with Gasteiger partial charge in [0.1, 0.15) is 6.04 Å². The van der Waals surface area contributed by atoms with Crippen LogP contribution in [0.15, 0.2) is 4.99 Å². The molecule has 0 bridgehead atoms. The summed E-state index contributed by atoms with van der Waals surface area (Å²) in [6.45, 7) is 13.9. The van der Waals surface area contributed by atoms with Crippen molar-refractivity contribution in [1.82, 2.24) is 0 Å². The van der Waals surface area contributed by atoms with Crippen LogP contribution < -0.4 is 0 Å². The summed E-state index contributed by atoms with van der Waals surface area (Å²) >= 11 is 0. The Hall–Kier alpha value is 0.0600. The van der Waals surface area contributed by atoms with E-state index in [-0.39, 0.29) is 0 Å². The van der Waals surface area contributed by atoms with E-state index < -0.39 is 0 Å². The highest BCUT2D eigenvalue weighted by molar-refractivity contribution is 7.16. The molecule has 122 valence electrons. The maximum atomic E-state index is 4.94. The lowest BCUT2D eigenvalue weighted by Crippen LogP contribution is -2.29. The molecular formula is C18H35NOP+. The van der Waals surface area contributed by atoms with Crippen molar-refractivity contribution in [2.75, 3.05) is 6.16 Å². The molecule has 0 aliphatic carbocycles. The molecule has 2 saturated heterocycles. The van der Waals surface area contributed by atoms with Gasteiger partial charge in [0, 0.05) is 11.6 Å². The van der Waals surface area contributed by atoms with Gasteiger partial charge in [-0.05, 0) is 51.1 Å². The molecule has 0 spiro atoms. The van der Waals surface area contributed by atoms with E-state index in [1.807, 2.05) is 0 Å². The van der Waals surface area contributed by atoms with E-state index in [1.54, 1.807) is 0 Å². The Kier molecular flexibility index (Phi) is 5.88. The fraction of sp³-hybridized carbons (Fsp3) is 0.944. The second-order valence-corrected chi connectivity index (χ2v) is 8.48. The number of rotatable bonds is 9. The highest BCUT2D eigenvalue weighted by Crippen LogP contribution is 2.63. The number of hydrogen-bond acceptors (Lipinski definition) is 1. The van der Waals surface area contributed by atoms with Crippen LogP contribution in [0.4, 0.5) is 0 Å². The Balaban J connectivity index is 1.72. The van der Waals surface area contributed by atoms with Gasteiger partial charge in [0.15, 0.2) is 0 Å². The van der Waals surface area contributed by atoms with Crippen LogP contribution in [-0.2, 0) is 4.37 Å². The molecule has 0 aromatic carbocycles. The van der Waals surface area contributed by atoms with Crippen molar-refractivity contribution in [1.29, 1.82) is 0 Å². The maximum absolute atomic E-state index is 4.94. The first kappa shape index (κ1) is 17.4. The van der Waals surface area contributed by atoms with Crippen molar-refractivity contribution >= 4 is 15.0 Å². The van der Waals surface area contributed by atoms with Gasteiger partial charge >= 0.3 is 6.10 Å². The number of nitrogens with zero attached hydrogens (tertiary/aromatic N) is 1. The Morgan fingerprint density at radius 2 is 1.76 bits per heavy atom. The molecule has 2 nitrogen and oxygen atoms in total. The molecule has 0 aromatic rings. The largest absolute Gasteiger partial charge is 0.389 e. The van der Waals surface area contributed by atoms with Crippen LogP contribution in [0.3, 0.4) is 0 Å². The third-order valence-electron chi connectivity index (χ3n) is 5.04. The summed E-state index contributed by atoms with van der Waals surface area (Å²) in [7, 11) is 2.83. The van der Waals surface area contributed by atoms with E-state index in [1.165, 1.54) is 24.7 Å². The Morgan fingerprint density at radius 3 is 2.29 bits per heavy atom. The molecule has 0 aromatic heterocycles. The predicted molar refractivity (Wildman–Crippen MR) is 96.6 cm³/mol. The van der Waals surface area contributed by atoms with Crippen LogP contribution in [0, 0.1) is 17.8 Å². The maximum Gasteiger partial charge on any atom is 0.303 e. The lowest BCUT2D eigenvalue weighted by molar-refractivity contribution is 0.0846. The lowest BCUT2D eigenvalue weighted by Gasteiger charge is -2.15. The van der Waals surface area contributed by atoms with Gasteiger partial charge in [-0.15, -0.1) is 9.24 Å². The standard InChI is InChI=1S/C18H35NOP/c1-11(2)9-13(4)16-18-17(20(16)18)15(6)19-14(5)10-12(3)7-8-21/h11-13,15-18H,7-10,21H2,1-6H3/q+1/t12-,13?,15?,16+,17?,18?/m1/s1. The first-order valence-electron chi connectivity index (χ1n) is 8.80. The summed E-state index contributed by atoms with van der Waals surface area (Å²) in [5.41, 5.74) is 1.34. The smallest absolute Gasteiger partial charge is 0.303 e. The van der Waals surface area contributed by atoms with Gasteiger partial charge in [0.2, 0.25) is 6.10 Å². The summed E-state index contributed by atoms with van der Waals surface area (Å²) in [4.78, 5) is 4.94. The van der Waals surface area contributed by atoms with Crippen LogP contribution >= 0.6 is 9.24 Å². The zero-order valence-electron chi connectivity index (χ0n) is 14.8. The monoisotopic (exact) mass is 312 g/mol. The minimum Gasteiger partial charge on any atom is -0.389 e. The van der Waals surface area contributed by atoms with Crippen LogP contribution in [0.5, 0.6) is 0 Å². The van der Waals surface area contributed by atoms with Crippen molar-refractivity contribution in [3.05, 3.63) is 0 Å².